The maximum absolute atomic E-state index is 12.3. The predicted molar refractivity (Wildman–Crippen MR) is 113 cm³/mol. The maximum atomic E-state index is 12.3. The van der Waals surface area contributed by atoms with Crippen LogP contribution < -0.4 is 10.4 Å². The summed E-state index contributed by atoms with van der Waals surface area (Å²) in [6, 6.07) is 9.72. The summed E-state index contributed by atoms with van der Waals surface area (Å²) in [6.45, 7) is 4.14. The third kappa shape index (κ3) is 3.49. The van der Waals surface area contributed by atoms with E-state index in [1.807, 2.05) is 44.2 Å². The Kier molecular flexibility index (Phi) is 5.39. The second-order valence-corrected chi connectivity index (χ2v) is 7.45. The molecule has 1 aromatic heterocycles. The molecule has 8 heteroatoms. The molecule has 156 valence electrons. The Bertz CT molecular complexity index is 1180. The van der Waals surface area contributed by atoms with Gasteiger partial charge in [-0.25, -0.2) is 4.79 Å². The molecule has 4 rings (SSSR count). The standard InChI is InChI=1S/C22H25N5O3/c1-14-7-5-10-20(27-22(28)26(3)24-25-27)19(14)13-30-23-15(2)16-11-12-21(29-4)18-9-6-8-17(16)18/h5,7,10-12H,6,8-9,13H2,1-4H3. The number of aromatic nitrogens is 4. The SMILES string of the molecule is COc1ccc(C(C)=NOCc2c(C)cccc2-n2nnn(C)c2=O)c2c1CCC2. The van der Waals surface area contributed by atoms with Crippen molar-refractivity contribution in [3.05, 3.63) is 68.6 Å². The van der Waals surface area contributed by atoms with E-state index in [0.29, 0.717) is 5.69 Å². The van der Waals surface area contributed by atoms with Crippen LogP contribution in [0.3, 0.4) is 0 Å². The van der Waals surface area contributed by atoms with Gasteiger partial charge in [0.15, 0.2) is 0 Å². The van der Waals surface area contributed by atoms with Crippen LogP contribution in [0.5, 0.6) is 5.75 Å². The first kappa shape index (κ1) is 19.9. The molecule has 0 radical (unpaired) electrons. The van der Waals surface area contributed by atoms with Crippen molar-refractivity contribution >= 4 is 5.71 Å². The molecule has 1 aliphatic rings. The van der Waals surface area contributed by atoms with Crippen LogP contribution >= 0.6 is 0 Å². The number of benzene rings is 2. The van der Waals surface area contributed by atoms with Crippen molar-refractivity contribution in [2.45, 2.75) is 39.7 Å². The van der Waals surface area contributed by atoms with E-state index in [4.69, 9.17) is 9.57 Å². The Labute approximate surface area is 174 Å². The number of methoxy groups -OCH3 is 1. The number of fused-ring (bicyclic) bond motifs is 1. The molecule has 0 bridgehead atoms. The van der Waals surface area contributed by atoms with E-state index in [1.165, 1.54) is 20.5 Å². The normalized spacial score (nSPS) is 13.4. The summed E-state index contributed by atoms with van der Waals surface area (Å²) < 4.78 is 7.97. The lowest BCUT2D eigenvalue weighted by molar-refractivity contribution is 0.130. The fourth-order valence-electron chi connectivity index (χ4n) is 3.98. The van der Waals surface area contributed by atoms with E-state index in [9.17, 15) is 4.79 Å². The van der Waals surface area contributed by atoms with Crippen molar-refractivity contribution in [1.29, 1.82) is 0 Å². The largest absolute Gasteiger partial charge is 0.496 e. The zero-order valence-corrected chi connectivity index (χ0v) is 17.7. The Morgan fingerprint density at radius 2 is 1.97 bits per heavy atom. The van der Waals surface area contributed by atoms with E-state index >= 15 is 0 Å². The molecular weight excluding hydrogens is 382 g/mol. The van der Waals surface area contributed by atoms with Gasteiger partial charge in [-0.3, -0.25) is 0 Å². The lowest BCUT2D eigenvalue weighted by Crippen LogP contribution is -2.23. The van der Waals surface area contributed by atoms with E-state index < -0.39 is 0 Å². The van der Waals surface area contributed by atoms with E-state index in [0.717, 1.165) is 47.4 Å². The number of nitrogens with zero attached hydrogens (tertiary/aromatic N) is 5. The fraction of sp³-hybridized carbons (Fsp3) is 0.364. The van der Waals surface area contributed by atoms with Crippen molar-refractivity contribution in [2.24, 2.45) is 12.2 Å². The van der Waals surface area contributed by atoms with E-state index in [1.54, 1.807) is 14.2 Å². The molecule has 0 aliphatic heterocycles. The highest BCUT2D eigenvalue weighted by atomic mass is 16.6. The number of hydrogen-bond donors (Lipinski definition) is 0. The summed E-state index contributed by atoms with van der Waals surface area (Å²) >= 11 is 0. The minimum atomic E-state index is -0.310. The van der Waals surface area contributed by atoms with Crippen molar-refractivity contribution in [1.82, 2.24) is 19.8 Å². The molecule has 30 heavy (non-hydrogen) atoms. The average molecular weight is 407 g/mol. The molecule has 1 aliphatic carbocycles. The number of aryl methyl sites for hydroxylation is 2. The number of ether oxygens (including phenoxy) is 1. The van der Waals surface area contributed by atoms with Gasteiger partial charge in [-0.1, -0.05) is 17.3 Å². The van der Waals surface area contributed by atoms with Gasteiger partial charge in [-0.2, -0.15) is 9.36 Å². The molecular formula is C22H25N5O3. The van der Waals surface area contributed by atoms with Crippen LogP contribution in [0.25, 0.3) is 5.69 Å². The number of oxime groups is 1. The smallest absolute Gasteiger partial charge is 0.368 e. The third-order valence-corrected chi connectivity index (χ3v) is 5.60. The van der Waals surface area contributed by atoms with Crippen LogP contribution in [-0.2, 0) is 31.3 Å². The monoisotopic (exact) mass is 407 g/mol. The quantitative estimate of drug-likeness (QED) is 0.463. The van der Waals surface area contributed by atoms with E-state index in [-0.39, 0.29) is 12.3 Å². The first-order valence-electron chi connectivity index (χ1n) is 9.94. The highest BCUT2D eigenvalue weighted by molar-refractivity contribution is 6.00. The highest BCUT2D eigenvalue weighted by Crippen LogP contribution is 2.33. The maximum Gasteiger partial charge on any atom is 0.368 e. The molecule has 0 atom stereocenters. The molecule has 1 heterocycles. The average Bonchev–Trinajstić information content (AvgIpc) is 3.36. The zero-order chi connectivity index (χ0) is 21.3. The molecule has 2 aromatic carbocycles. The lowest BCUT2D eigenvalue weighted by atomic mass is 9.99. The summed E-state index contributed by atoms with van der Waals surface area (Å²) in [4.78, 5) is 18.0. The van der Waals surface area contributed by atoms with Crippen LogP contribution in [0.4, 0.5) is 0 Å². The van der Waals surface area contributed by atoms with Crippen LogP contribution in [0.2, 0.25) is 0 Å². The molecule has 0 N–H and O–H groups in total. The molecule has 3 aromatic rings. The number of tetrazole rings is 1. The van der Waals surface area contributed by atoms with Gasteiger partial charge in [0.1, 0.15) is 12.4 Å². The van der Waals surface area contributed by atoms with Gasteiger partial charge in [0, 0.05) is 18.2 Å². The first-order valence-corrected chi connectivity index (χ1v) is 9.94. The fourth-order valence-corrected chi connectivity index (χ4v) is 3.98. The van der Waals surface area contributed by atoms with Crippen LogP contribution in [0, 0.1) is 6.92 Å². The van der Waals surface area contributed by atoms with Gasteiger partial charge in [0.05, 0.1) is 18.5 Å². The zero-order valence-electron chi connectivity index (χ0n) is 17.7. The number of rotatable bonds is 6. The highest BCUT2D eigenvalue weighted by Gasteiger charge is 2.20. The van der Waals surface area contributed by atoms with Gasteiger partial charge in [-0.15, -0.1) is 0 Å². The summed E-state index contributed by atoms with van der Waals surface area (Å²) in [6.07, 6.45) is 3.17. The molecule has 0 spiro atoms. The molecule has 0 saturated heterocycles. The van der Waals surface area contributed by atoms with Gasteiger partial charge >= 0.3 is 5.69 Å². The van der Waals surface area contributed by atoms with Crippen molar-refractivity contribution in [2.75, 3.05) is 7.11 Å². The number of hydrogen-bond acceptors (Lipinski definition) is 6. The Hall–Kier alpha value is -3.42. The van der Waals surface area contributed by atoms with Gasteiger partial charge in [0.25, 0.3) is 0 Å². The molecule has 0 fully saturated rings. The van der Waals surface area contributed by atoms with Crippen LogP contribution in [-0.4, -0.2) is 32.6 Å². The van der Waals surface area contributed by atoms with Gasteiger partial charge < -0.3 is 9.57 Å². The molecule has 8 nitrogen and oxygen atoms in total. The van der Waals surface area contributed by atoms with Crippen molar-refractivity contribution < 1.29 is 9.57 Å². The summed E-state index contributed by atoms with van der Waals surface area (Å²) in [7, 11) is 3.28. The second kappa shape index (κ2) is 8.14. The van der Waals surface area contributed by atoms with E-state index in [2.05, 4.69) is 15.6 Å². The second-order valence-electron chi connectivity index (χ2n) is 7.45. The van der Waals surface area contributed by atoms with Gasteiger partial charge in [-0.05, 0) is 78.4 Å². The molecule has 0 amide bonds. The molecule has 0 saturated carbocycles. The summed E-state index contributed by atoms with van der Waals surface area (Å²) in [5.41, 5.74) is 6.65. The summed E-state index contributed by atoms with van der Waals surface area (Å²) in [5.74, 6) is 0.943. The lowest BCUT2D eigenvalue weighted by Gasteiger charge is -2.13. The van der Waals surface area contributed by atoms with Crippen molar-refractivity contribution in [3.63, 3.8) is 0 Å². The minimum absolute atomic E-state index is 0.223. The Balaban J connectivity index is 1.60. The van der Waals surface area contributed by atoms with Crippen molar-refractivity contribution in [3.8, 4) is 11.4 Å². The van der Waals surface area contributed by atoms with Gasteiger partial charge in [0.2, 0.25) is 0 Å². The minimum Gasteiger partial charge on any atom is -0.496 e. The predicted octanol–water partition coefficient (Wildman–Crippen LogP) is 2.71. The molecule has 0 unspecified atom stereocenters. The first-order chi connectivity index (χ1) is 14.5. The Morgan fingerprint density at radius 1 is 1.17 bits per heavy atom. The summed E-state index contributed by atoms with van der Waals surface area (Å²) in [5, 5.41) is 12.1. The van der Waals surface area contributed by atoms with Crippen LogP contribution in [0.15, 0.2) is 40.3 Å². The topological polar surface area (TPSA) is 83.5 Å². The third-order valence-electron chi connectivity index (χ3n) is 5.60. The van der Waals surface area contributed by atoms with Crippen LogP contribution in [0.1, 0.15) is 41.2 Å². The Morgan fingerprint density at radius 3 is 2.70 bits per heavy atom.